The maximum atomic E-state index is 5.78. The highest BCUT2D eigenvalue weighted by Gasteiger charge is 2.02. The van der Waals surface area contributed by atoms with Crippen molar-refractivity contribution in [1.29, 1.82) is 0 Å². The number of halogens is 1. The molecule has 0 saturated carbocycles. The average Bonchev–Trinajstić information content (AvgIpc) is 2.17. The quantitative estimate of drug-likeness (QED) is 0.569. The molecule has 1 heterocycles. The Labute approximate surface area is 91.9 Å². The third-order valence-electron chi connectivity index (χ3n) is 1.92. The van der Waals surface area contributed by atoms with Gasteiger partial charge in [0.1, 0.15) is 5.15 Å². The van der Waals surface area contributed by atoms with E-state index in [9.17, 15) is 0 Å². The van der Waals surface area contributed by atoms with E-state index >= 15 is 0 Å². The van der Waals surface area contributed by atoms with Crippen LogP contribution in [0.15, 0.2) is 30.3 Å². The fourth-order valence-corrected chi connectivity index (χ4v) is 1.43. The molecule has 1 aromatic heterocycles. The third-order valence-corrected chi connectivity index (χ3v) is 2.11. The van der Waals surface area contributed by atoms with E-state index in [1.807, 2.05) is 12.1 Å². The van der Waals surface area contributed by atoms with E-state index in [4.69, 9.17) is 23.1 Å². The highest BCUT2D eigenvalue weighted by Crippen LogP contribution is 2.21. The molecular weight excluding hydrogens is 212 g/mol. The Balaban J connectivity index is 2.49. The van der Waals surface area contributed by atoms with Crippen LogP contribution < -0.4 is 11.5 Å². The van der Waals surface area contributed by atoms with Crippen molar-refractivity contribution in [2.24, 2.45) is 0 Å². The summed E-state index contributed by atoms with van der Waals surface area (Å²) in [6.07, 6.45) is 0. The molecule has 4 N–H and O–H groups in total. The van der Waals surface area contributed by atoms with Gasteiger partial charge in [0.15, 0.2) is 0 Å². The van der Waals surface area contributed by atoms with Gasteiger partial charge in [-0.25, -0.2) is 9.97 Å². The van der Waals surface area contributed by atoms with E-state index in [0.29, 0.717) is 16.5 Å². The number of rotatable bonds is 1. The van der Waals surface area contributed by atoms with Gasteiger partial charge >= 0.3 is 0 Å². The smallest absolute Gasteiger partial charge is 0.221 e. The van der Waals surface area contributed by atoms with Crippen molar-refractivity contribution in [2.45, 2.75) is 0 Å². The van der Waals surface area contributed by atoms with Crippen molar-refractivity contribution < 1.29 is 0 Å². The van der Waals surface area contributed by atoms with Crippen LogP contribution in [0.1, 0.15) is 0 Å². The van der Waals surface area contributed by atoms with E-state index in [2.05, 4.69) is 9.97 Å². The monoisotopic (exact) mass is 220 g/mol. The Morgan fingerprint density at radius 1 is 1.00 bits per heavy atom. The Hall–Kier alpha value is -1.81. The number of nitrogen functional groups attached to an aromatic ring is 2. The molecule has 5 heteroatoms. The number of nitrogens with two attached hydrogens (primary N) is 2. The minimum absolute atomic E-state index is 0.161. The lowest BCUT2D eigenvalue weighted by atomic mass is 10.1. The molecule has 2 aromatic rings. The van der Waals surface area contributed by atoms with Gasteiger partial charge in [0.2, 0.25) is 5.95 Å². The predicted octanol–water partition coefficient (Wildman–Crippen LogP) is 1.96. The standard InChI is InChI=1S/C10H9ClN4/c11-9-5-8(14-10(13)15-9)6-1-3-7(12)4-2-6/h1-5H,12H2,(H2,13,14,15). The highest BCUT2D eigenvalue weighted by atomic mass is 35.5. The number of aromatic nitrogens is 2. The second-order valence-corrected chi connectivity index (χ2v) is 3.44. The number of hydrogen-bond acceptors (Lipinski definition) is 4. The van der Waals surface area contributed by atoms with Gasteiger partial charge in [-0.15, -0.1) is 0 Å². The van der Waals surface area contributed by atoms with Crippen molar-refractivity contribution in [3.05, 3.63) is 35.5 Å². The summed E-state index contributed by atoms with van der Waals surface area (Å²) in [6.45, 7) is 0. The van der Waals surface area contributed by atoms with Crippen molar-refractivity contribution in [1.82, 2.24) is 9.97 Å². The number of anilines is 2. The van der Waals surface area contributed by atoms with Gasteiger partial charge in [-0.1, -0.05) is 23.7 Å². The average molecular weight is 221 g/mol. The van der Waals surface area contributed by atoms with Gasteiger partial charge in [-0.2, -0.15) is 0 Å². The maximum absolute atomic E-state index is 5.78. The largest absolute Gasteiger partial charge is 0.399 e. The first kappa shape index (κ1) is 9.73. The van der Waals surface area contributed by atoms with Crippen LogP contribution in [0.4, 0.5) is 11.6 Å². The summed E-state index contributed by atoms with van der Waals surface area (Å²) in [5, 5.41) is 0.328. The molecule has 0 fully saturated rings. The molecule has 0 bridgehead atoms. The molecule has 0 radical (unpaired) electrons. The van der Waals surface area contributed by atoms with Crippen LogP contribution in [0, 0.1) is 0 Å². The zero-order valence-corrected chi connectivity index (χ0v) is 8.57. The van der Waals surface area contributed by atoms with Crippen LogP contribution in [0.2, 0.25) is 5.15 Å². The molecule has 0 spiro atoms. The number of nitrogens with zero attached hydrogens (tertiary/aromatic N) is 2. The summed E-state index contributed by atoms with van der Waals surface area (Å²) in [4.78, 5) is 7.86. The van der Waals surface area contributed by atoms with Gasteiger partial charge in [-0.3, -0.25) is 0 Å². The van der Waals surface area contributed by atoms with E-state index in [1.165, 1.54) is 0 Å². The normalized spacial score (nSPS) is 10.2. The molecule has 15 heavy (non-hydrogen) atoms. The third kappa shape index (κ3) is 2.16. The summed E-state index contributed by atoms with van der Waals surface area (Å²) >= 11 is 5.78. The van der Waals surface area contributed by atoms with Crippen LogP contribution in [-0.2, 0) is 0 Å². The molecule has 4 nitrogen and oxygen atoms in total. The molecule has 1 aromatic carbocycles. The Kier molecular flexibility index (Phi) is 2.43. The Morgan fingerprint density at radius 3 is 2.27 bits per heavy atom. The van der Waals surface area contributed by atoms with E-state index < -0.39 is 0 Å². The van der Waals surface area contributed by atoms with Gasteiger partial charge in [-0.05, 0) is 12.1 Å². The van der Waals surface area contributed by atoms with E-state index in [-0.39, 0.29) is 5.95 Å². The van der Waals surface area contributed by atoms with Gasteiger partial charge in [0.25, 0.3) is 0 Å². The van der Waals surface area contributed by atoms with Gasteiger partial charge < -0.3 is 11.5 Å². The second-order valence-electron chi connectivity index (χ2n) is 3.06. The summed E-state index contributed by atoms with van der Waals surface area (Å²) in [7, 11) is 0. The van der Waals surface area contributed by atoms with Crippen molar-refractivity contribution in [2.75, 3.05) is 11.5 Å². The molecule has 2 rings (SSSR count). The lowest BCUT2D eigenvalue weighted by molar-refractivity contribution is 1.19. The first-order valence-electron chi connectivity index (χ1n) is 4.31. The fourth-order valence-electron chi connectivity index (χ4n) is 1.24. The van der Waals surface area contributed by atoms with E-state index in [0.717, 1.165) is 5.56 Å². The van der Waals surface area contributed by atoms with Crippen LogP contribution in [0.25, 0.3) is 11.3 Å². The molecule has 76 valence electrons. The van der Waals surface area contributed by atoms with Crippen molar-refractivity contribution >= 4 is 23.2 Å². The minimum Gasteiger partial charge on any atom is -0.399 e. The molecule has 0 aliphatic heterocycles. The van der Waals surface area contributed by atoms with Crippen LogP contribution in [0.5, 0.6) is 0 Å². The highest BCUT2D eigenvalue weighted by molar-refractivity contribution is 6.29. The summed E-state index contributed by atoms with van der Waals surface area (Å²) < 4.78 is 0. The van der Waals surface area contributed by atoms with Crippen LogP contribution >= 0.6 is 11.6 Å². The Bertz CT molecular complexity index is 461. The molecule has 0 aliphatic rings. The minimum atomic E-state index is 0.161. The topological polar surface area (TPSA) is 77.8 Å². The molecular formula is C10H9ClN4. The summed E-state index contributed by atoms with van der Waals surface area (Å²) in [5.41, 5.74) is 13.4. The second kappa shape index (κ2) is 3.74. The van der Waals surface area contributed by atoms with Crippen molar-refractivity contribution in [3.8, 4) is 11.3 Å². The first-order valence-corrected chi connectivity index (χ1v) is 4.69. The van der Waals surface area contributed by atoms with E-state index in [1.54, 1.807) is 18.2 Å². The molecule has 0 saturated heterocycles. The predicted molar refractivity (Wildman–Crippen MR) is 61.3 cm³/mol. The molecule has 0 aliphatic carbocycles. The van der Waals surface area contributed by atoms with Crippen molar-refractivity contribution in [3.63, 3.8) is 0 Å². The lowest BCUT2D eigenvalue weighted by Crippen LogP contribution is -1.96. The summed E-state index contributed by atoms with van der Waals surface area (Å²) in [6, 6.07) is 8.95. The zero-order chi connectivity index (χ0) is 10.8. The maximum Gasteiger partial charge on any atom is 0.221 e. The van der Waals surface area contributed by atoms with Crippen LogP contribution in [-0.4, -0.2) is 9.97 Å². The van der Waals surface area contributed by atoms with Gasteiger partial charge in [0, 0.05) is 17.3 Å². The summed E-state index contributed by atoms with van der Waals surface area (Å²) in [5.74, 6) is 0.161. The Morgan fingerprint density at radius 2 is 1.67 bits per heavy atom. The lowest BCUT2D eigenvalue weighted by Gasteiger charge is -2.02. The zero-order valence-electron chi connectivity index (χ0n) is 7.81. The molecule has 0 unspecified atom stereocenters. The SMILES string of the molecule is Nc1ccc(-c2cc(Cl)nc(N)n2)cc1. The number of benzene rings is 1. The number of hydrogen-bond donors (Lipinski definition) is 2. The first-order chi connectivity index (χ1) is 7.15. The molecule has 0 amide bonds. The van der Waals surface area contributed by atoms with Gasteiger partial charge in [0.05, 0.1) is 5.69 Å². The van der Waals surface area contributed by atoms with Crippen LogP contribution in [0.3, 0.4) is 0 Å². The fraction of sp³-hybridized carbons (Fsp3) is 0. The molecule has 0 atom stereocenters.